The SMILES string of the molecule is O=P(O)(O)OP(=O)(O)OP(=O)(O)OP1(=O)OCCO1. The molecule has 1 heterocycles. The summed E-state index contributed by atoms with van der Waals surface area (Å²) in [5.74, 6) is 0. The summed E-state index contributed by atoms with van der Waals surface area (Å²) in [5.41, 5.74) is 0. The normalized spacial score (nSPS) is 25.7. The fraction of sp³-hybridized carbons (Fsp3) is 1.00. The Labute approximate surface area is 105 Å². The average molecular weight is 364 g/mol. The standard InChI is InChI=1S/C2H8O13P4/c3-16(4,5)13-17(6,7)14-18(8,9)15-19(10)11-1-2-12-19/h1-2H2,(H,6,7)(H,8,9)(H2,3,4,5). The summed E-state index contributed by atoms with van der Waals surface area (Å²) in [5, 5.41) is 0. The first-order valence-corrected chi connectivity index (χ1v) is 10.1. The van der Waals surface area contributed by atoms with Crippen LogP contribution in [0.25, 0.3) is 0 Å². The van der Waals surface area contributed by atoms with Gasteiger partial charge in [0.2, 0.25) is 0 Å². The van der Waals surface area contributed by atoms with E-state index in [2.05, 4.69) is 22.0 Å². The fourth-order valence-electron chi connectivity index (χ4n) is 0.804. The monoisotopic (exact) mass is 364 g/mol. The summed E-state index contributed by atoms with van der Waals surface area (Å²) in [4.78, 5) is 34.3. The summed E-state index contributed by atoms with van der Waals surface area (Å²) in [6, 6.07) is 0. The molecule has 0 aliphatic carbocycles. The van der Waals surface area contributed by atoms with E-state index in [9.17, 15) is 18.3 Å². The maximum atomic E-state index is 11.4. The van der Waals surface area contributed by atoms with Gasteiger partial charge in [0.15, 0.2) is 0 Å². The molecule has 19 heavy (non-hydrogen) atoms. The van der Waals surface area contributed by atoms with Crippen molar-refractivity contribution >= 4 is 31.3 Å². The molecule has 0 radical (unpaired) electrons. The molecule has 2 atom stereocenters. The van der Waals surface area contributed by atoms with Crippen molar-refractivity contribution in [2.24, 2.45) is 0 Å². The summed E-state index contributed by atoms with van der Waals surface area (Å²) < 4.78 is 63.0. The summed E-state index contributed by atoms with van der Waals surface area (Å²) in [6.45, 7) is -0.458. The number of phosphoric ester groups is 1. The molecular formula is C2H8O13P4. The van der Waals surface area contributed by atoms with Crippen molar-refractivity contribution in [1.82, 2.24) is 0 Å². The Morgan fingerprint density at radius 3 is 1.79 bits per heavy atom. The van der Waals surface area contributed by atoms with Crippen molar-refractivity contribution < 1.29 is 59.8 Å². The van der Waals surface area contributed by atoms with E-state index >= 15 is 0 Å². The molecule has 0 amide bonds. The second kappa shape index (κ2) is 5.75. The maximum absolute atomic E-state index is 11.4. The Balaban J connectivity index is 2.74. The zero-order chi connectivity index (χ0) is 14.9. The first kappa shape index (κ1) is 17.6. The van der Waals surface area contributed by atoms with Crippen LogP contribution in [-0.4, -0.2) is 32.8 Å². The van der Waals surface area contributed by atoms with E-state index in [1.165, 1.54) is 0 Å². The van der Waals surface area contributed by atoms with Crippen LogP contribution >= 0.6 is 31.3 Å². The minimum absolute atomic E-state index is 0.229. The van der Waals surface area contributed by atoms with E-state index in [0.717, 1.165) is 0 Å². The molecule has 1 aliphatic rings. The highest BCUT2D eigenvalue weighted by Gasteiger charge is 2.47. The van der Waals surface area contributed by atoms with Crippen molar-refractivity contribution in [3.8, 4) is 0 Å². The zero-order valence-electron chi connectivity index (χ0n) is 8.67. The molecule has 4 N–H and O–H groups in total. The van der Waals surface area contributed by atoms with Gasteiger partial charge < -0.3 is 19.6 Å². The molecule has 0 aromatic rings. The summed E-state index contributed by atoms with van der Waals surface area (Å²) in [7, 11) is -21.1. The van der Waals surface area contributed by atoms with Gasteiger partial charge in [0, 0.05) is 0 Å². The molecule has 13 nitrogen and oxygen atoms in total. The van der Waals surface area contributed by atoms with Crippen LogP contribution in [-0.2, 0) is 40.2 Å². The molecule has 17 heteroatoms. The first-order valence-electron chi connectivity index (χ1n) is 4.07. The lowest BCUT2D eigenvalue weighted by Crippen LogP contribution is -1.96. The predicted molar refractivity (Wildman–Crippen MR) is 54.5 cm³/mol. The van der Waals surface area contributed by atoms with Crippen molar-refractivity contribution in [3.05, 3.63) is 0 Å². The topological polar surface area (TPSA) is 195 Å². The second-order valence-electron chi connectivity index (χ2n) is 2.79. The molecular weight excluding hydrogens is 356 g/mol. The Bertz CT molecular complexity index is 505. The molecule has 2 unspecified atom stereocenters. The first-order chi connectivity index (χ1) is 8.33. The molecule has 1 aliphatic heterocycles. The van der Waals surface area contributed by atoms with Crippen molar-refractivity contribution in [2.75, 3.05) is 13.2 Å². The van der Waals surface area contributed by atoms with Gasteiger partial charge in [0.25, 0.3) is 0 Å². The van der Waals surface area contributed by atoms with Gasteiger partial charge in [-0.15, -0.1) is 0 Å². The van der Waals surface area contributed by atoms with Crippen LogP contribution in [0.3, 0.4) is 0 Å². The third kappa shape index (κ3) is 6.70. The second-order valence-corrected chi connectivity index (χ2v) is 9.01. The van der Waals surface area contributed by atoms with Crippen molar-refractivity contribution in [1.29, 1.82) is 0 Å². The Hall–Kier alpha value is 0.560. The van der Waals surface area contributed by atoms with E-state index < -0.39 is 31.3 Å². The lowest BCUT2D eigenvalue weighted by Gasteiger charge is -2.17. The highest BCUT2D eigenvalue weighted by Crippen LogP contribution is 2.72. The molecule has 114 valence electrons. The van der Waals surface area contributed by atoms with Gasteiger partial charge in [0.1, 0.15) is 0 Å². The van der Waals surface area contributed by atoms with Gasteiger partial charge in [-0.3, -0.25) is 9.05 Å². The highest BCUT2D eigenvalue weighted by molar-refractivity contribution is 7.69. The van der Waals surface area contributed by atoms with E-state index in [1.807, 2.05) is 0 Å². The smallest absolute Gasteiger partial charge is 0.302 e. The number of rotatable bonds is 6. The van der Waals surface area contributed by atoms with Gasteiger partial charge >= 0.3 is 31.3 Å². The average Bonchev–Trinajstić information content (AvgIpc) is 2.41. The summed E-state index contributed by atoms with van der Waals surface area (Å²) in [6.07, 6.45) is 0. The van der Waals surface area contributed by atoms with Gasteiger partial charge in [-0.2, -0.15) is 12.9 Å². The minimum atomic E-state index is -5.66. The van der Waals surface area contributed by atoms with E-state index in [4.69, 9.17) is 19.6 Å². The molecule has 0 bridgehead atoms. The molecule has 0 spiro atoms. The van der Waals surface area contributed by atoms with E-state index in [-0.39, 0.29) is 13.2 Å². The molecule has 0 aromatic heterocycles. The third-order valence-electron chi connectivity index (χ3n) is 1.20. The third-order valence-corrected chi connectivity index (χ3v) is 7.15. The highest BCUT2D eigenvalue weighted by atomic mass is 31.3. The van der Waals surface area contributed by atoms with Gasteiger partial charge in [-0.1, -0.05) is 0 Å². The van der Waals surface area contributed by atoms with Crippen molar-refractivity contribution in [3.63, 3.8) is 0 Å². The lowest BCUT2D eigenvalue weighted by molar-refractivity contribution is 0.191. The van der Waals surface area contributed by atoms with Gasteiger partial charge in [-0.05, 0) is 0 Å². The molecule has 0 aromatic carbocycles. The number of hydrogen-bond donors (Lipinski definition) is 4. The van der Waals surface area contributed by atoms with E-state index in [0.29, 0.717) is 0 Å². The van der Waals surface area contributed by atoms with Gasteiger partial charge in [0.05, 0.1) is 13.2 Å². The van der Waals surface area contributed by atoms with Gasteiger partial charge in [-0.25, -0.2) is 18.3 Å². The number of hydrogen-bond acceptors (Lipinski definition) is 9. The van der Waals surface area contributed by atoms with Crippen LogP contribution in [0.4, 0.5) is 0 Å². The largest absolute Gasteiger partial charge is 0.490 e. The van der Waals surface area contributed by atoms with Crippen LogP contribution in [0.2, 0.25) is 0 Å². The quantitative estimate of drug-likeness (QED) is 0.476. The van der Waals surface area contributed by atoms with Crippen LogP contribution in [0.15, 0.2) is 0 Å². The lowest BCUT2D eigenvalue weighted by atomic mass is 10.8. The van der Waals surface area contributed by atoms with Crippen LogP contribution in [0.5, 0.6) is 0 Å². The van der Waals surface area contributed by atoms with Crippen LogP contribution in [0, 0.1) is 0 Å². The Morgan fingerprint density at radius 2 is 1.37 bits per heavy atom. The molecule has 0 saturated carbocycles. The summed E-state index contributed by atoms with van der Waals surface area (Å²) >= 11 is 0. The van der Waals surface area contributed by atoms with E-state index in [1.54, 1.807) is 0 Å². The number of phosphoric acid groups is 4. The Morgan fingerprint density at radius 1 is 0.895 bits per heavy atom. The van der Waals surface area contributed by atoms with Crippen molar-refractivity contribution in [2.45, 2.75) is 0 Å². The Kier molecular flexibility index (Phi) is 5.33. The maximum Gasteiger partial charge on any atom is 0.490 e. The zero-order valence-corrected chi connectivity index (χ0v) is 12.2. The molecule has 1 saturated heterocycles. The fourth-order valence-corrected chi connectivity index (χ4v) is 5.76. The molecule has 1 rings (SSSR count). The van der Waals surface area contributed by atoms with Crippen LogP contribution < -0.4 is 0 Å². The minimum Gasteiger partial charge on any atom is -0.302 e. The van der Waals surface area contributed by atoms with Crippen LogP contribution in [0.1, 0.15) is 0 Å². The molecule has 1 fully saturated rings. The predicted octanol–water partition coefficient (Wildman–Crippen LogP) is 0.485.